The van der Waals surface area contributed by atoms with Gasteiger partial charge in [-0.1, -0.05) is 28.1 Å². The summed E-state index contributed by atoms with van der Waals surface area (Å²) in [4.78, 5) is 0. The lowest BCUT2D eigenvalue weighted by Crippen LogP contribution is -2.05. The molecule has 2 unspecified atom stereocenters. The lowest BCUT2D eigenvalue weighted by Gasteiger charge is -2.12. The molecule has 0 saturated heterocycles. The molecular weight excluding hydrogens is 343 g/mol. The fourth-order valence-corrected chi connectivity index (χ4v) is 3.26. The molecule has 0 aliphatic carbocycles. The van der Waals surface area contributed by atoms with Gasteiger partial charge in [-0.3, -0.25) is 0 Å². The topological polar surface area (TPSA) is 9.23 Å². The molecule has 104 valence electrons. The Morgan fingerprint density at radius 1 is 1.25 bits per heavy atom. The van der Waals surface area contributed by atoms with Gasteiger partial charge in [-0.05, 0) is 47.9 Å². The Hall–Kier alpha value is -1.06. The maximum absolute atomic E-state index is 13.5. The van der Waals surface area contributed by atoms with Crippen molar-refractivity contribution in [3.05, 3.63) is 63.4 Å². The monoisotopic (exact) mass is 354 g/mol. The van der Waals surface area contributed by atoms with Crippen molar-refractivity contribution in [2.45, 2.75) is 24.8 Å². The maximum Gasteiger partial charge on any atom is 0.124 e. The molecule has 0 fully saturated rings. The molecule has 3 rings (SSSR count). The van der Waals surface area contributed by atoms with Gasteiger partial charge in [0.05, 0.1) is 5.38 Å². The second kappa shape index (κ2) is 5.38. The third kappa shape index (κ3) is 2.70. The molecular formula is C16H13BrClFO. The Morgan fingerprint density at radius 3 is 2.80 bits per heavy atom. The molecule has 0 radical (unpaired) electrons. The number of benzene rings is 2. The highest BCUT2D eigenvalue weighted by Crippen LogP contribution is 2.36. The van der Waals surface area contributed by atoms with E-state index in [-0.39, 0.29) is 17.3 Å². The smallest absolute Gasteiger partial charge is 0.124 e. The first kappa shape index (κ1) is 13.9. The molecule has 20 heavy (non-hydrogen) atoms. The molecule has 1 aliphatic rings. The van der Waals surface area contributed by atoms with Crippen LogP contribution in [0.5, 0.6) is 5.75 Å². The van der Waals surface area contributed by atoms with Gasteiger partial charge in [-0.15, -0.1) is 11.6 Å². The average Bonchev–Trinajstić information content (AvgIpc) is 2.75. The van der Waals surface area contributed by atoms with E-state index in [1.165, 1.54) is 12.1 Å². The molecule has 0 spiro atoms. The van der Waals surface area contributed by atoms with Crippen molar-refractivity contribution >= 4 is 27.5 Å². The number of hydrogen-bond donors (Lipinski definition) is 0. The standard InChI is InChI=1S/C16H13BrClFO/c1-9-4-11-5-10(2-3-15(11)20-9)16(18)12-6-13(17)8-14(19)7-12/h2-3,5-9,16H,4H2,1H3. The highest BCUT2D eigenvalue weighted by molar-refractivity contribution is 9.10. The quantitative estimate of drug-likeness (QED) is 0.669. The normalized spacial score (nSPS) is 18.5. The van der Waals surface area contributed by atoms with Crippen molar-refractivity contribution in [2.75, 3.05) is 0 Å². The van der Waals surface area contributed by atoms with Crippen LogP contribution in [0.4, 0.5) is 4.39 Å². The zero-order chi connectivity index (χ0) is 14.3. The van der Waals surface area contributed by atoms with Crippen molar-refractivity contribution in [1.82, 2.24) is 0 Å². The fraction of sp³-hybridized carbons (Fsp3) is 0.250. The fourth-order valence-electron chi connectivity index (χ4n) is 2.51. The third-order valence-electron chi connectivity index (χ3n) is 3.39. The zero-order valence-corrected chi connectivity index (χ0v) is 13.2. The van der Waals surface area contributed by atoms with E-state index in [2.05, 4.69) is 22.0 Å². The lowest BCUT2D eigenvalue weighted by atomic mass is 10.0. The van der Waals surface area contributed by atoms with Crippen LogP contribution in [0.3, 0.4) is 0 Å². The summed E-state index contributed by atoms with van der Waals surface area (Å²) < 4.78 is 19.8. The number of fused-ring (bicyclic) bond motifs is 1. The Labute approximate surface area is 130 Å². The summed E-state index contributed by atoms with van der Waals surface area (Å²) in [5.74, 6) is 0.628. The summed E-state index contributed by atoms with van der Waals surface area (Å²) in [6, 6.07) is 10.7. The average molecular weight is 356 g/mol. The van der Waals surface area contributed by atoms with Gasteiger partial charge in [0.2, 0.25) is 0 Å². The van der Waals surface area contributed by atoms with Crippen LogP contribution in [0.1, 0.15) is 29.0 Å². The summed E-state index contributed by atoms with van der Waals surface area (Å²) in [6.07, 6.45) is 1.09. The van der Waals surface area contributed by atoms with Gasteiger partial charge >= 0.3 is 0 Å². The van der Waals surface area contributed by atoms with Gasteiger partial charge in [0.15, 0.2) is 0 Å². The molecule has 0 aromatic heterocycles. The Balaban J connectivity index is 1.95. The molecule has 0 bridgehead atoms. The van der Waals surface area contributed by atoms with Crippen molar-refractivity contribution in [1.29, 1.82) is 0 Å². The number of hydrogen-bond acceptors (Lipinski definition) is 1. The van der Waals surface area contributed by atoms with E-state index in [1.807, 2.05) is 25.1 Å². The van der Waals surface area contributed by atoms with Crippen LogP contribution in [0, 0.1) is 5.82 Å². The first-order chi connectivity index (χ1) is 9.52. The second-order valence-electron chi connectivity index (χ2n) is 5.07. The van der Waals surface area contributed by atoms with Crippen LogP contribution in [-0.2, 0) is 6.42 Å². The minimum Gasteiger partial charge on any atom is -0.490 e. The first-order valence-electron chi connectivity index (χ1n) is 6.42. The van der Waals surface area contributed by atoms with Gasteiger partial charge in [-0.2, -0.15) is 0 Å². The van der Waals surface area contributed by atoms with Crippen molar-refractivity contribution in [3.8, 4) is 5.75 Å². The van der Waals surface area contributed by atoms with Gasteiger partial charge in [-0.25, -0.2) is 4.39 Å². The molecule has 1 nitrogen and oxygen atoms in total. The molecule has 2 aromatic carbocycles. The van der Waals surface area contributed by atoms with Crippen LogP contribution in [0.15, 0.2) is 40.9 Å². The molecule has 0 saturated carbocycles. The molecule has 0 N–H and O–H groups in total. The van der Waals surface area contributed by atoms with Gasteiger partial charge in [0.25, 0.3) is 0 Å². The van der Waals surface area contributed by atoms with Gasteiger partial charge in [0.1, 0.15) is 17.7 Å². The van der Waals surface area contributed by atoms with E-state index in [4.69, 9.17) is 16.3 Å². The van der Waals surface area contributed by atoms with Crippen molar-refractivity contribution in [2.24, 2.45) is 0 Å². The van der Waals surface area contributed by atoms with Crippen LogP contribution < -0.4 is 4.74 Å². The molecule has 2 atom stereocenters. The van der Waals surface area contributed by atoms with Crippen LogP contribution in [0.25, 0.3) is 0 Å². The van der Waals surface area contributed by atoms with E-state index in [9.17, 15) is 4.39 Å². The molecule has 2 aromatic rings. The molecule has 0 amide bonds. The van der Waals surface area contributed by atoms with Crippen LogP contribution in [-0.4, -0.2) is 6.10 Å². The summed E-state index contributed by atoms with van der Waals surface area (Å²) in [5, 5.41) is -0.372. The number of alkyl halides is 1. The summed E-state index contributed by atoms with van der Waals surface area (Å²) in [7, 11) is 0. The minimum absolute atomic E-state index is 0.206. The number of ether oxygens (including phenoxy) is 1. The predicted molar refractivity (Wildman–Crippen MR) is 82.0 cm³/mol. The van der Waals surface area contributed by atoms with Crippen LogP contribution in [0.2, 0.25) is 0 Å². The molecule has 1 heterocycles. The van der Waals surface area contributed by atoms with E-state index >= 15 is 0 Å². The molecule has 1 aliphatic heterocycles. The highest BCUT2D eigenvalue weighted by Gasteiger charge is 2.21. The number of halogens is 3. The van der Waals surface area contributed by atoms with Crippen molar-refractivity contribution < 1.29 is 9.13 Å². The van der Waals surface area contributed by atoms with E-state index < -0.39 is 0 Å². The maximum atomic E-state index is 13.5. The Bertz CT molecular complexity index is 639. The van der Waals surface area contributed by atoms with Crippen molar-refractivity contribution in [3.63, 3.8) is 0 Å². The predicted octanol–water partition coefficient (Wildman–Crippen LogP) is 5.24. The molecule has 4 heteroatoms. The SMILES string of the molecule is CC1Cc2cc(C(Cl)c3cc(F)cc(Br)c3)ccc2O1. The van der Waals surface area contributed by atoms with E-state index in [0.717, 1.165) is 28.9 Å². The van der Waals surface area contributed by atoms with E-state index in [1.54, 1.807) is 0 Å². The lowest BCUT2D eigenvalue weighted by molar-refractivity contribution is 0.254. The second-order valence-corrected chi connectivity index (χ2v) is 6.42. The highest BCUT2D eigenvalue weighted by atomic mass is 79.9. The minimum atomic E-state index is -0.372. The summed E-state index contributed by atoms with van der Waals surface area (Å²) in [6.45, 7) is 2.04. The summed E-state index contributed by atoms with van der Waals surface area (Å²) in [5.41, 5.74) is 2.86. The zero-order valence-electron chi connectivity index (χ0n) is 10.9. The van der Waals surface area contributed by atoms with Crippen LogP contribution >= 0.6 is 27.5 Å². The Kier molecular flexibility index (Phi) is 3.74. The van der Waals surface area contributed by atoms with Gasteiger partial charge in [0, 0.05) is 10.9 Å². The van der Waals surface area contributed by atoms with Gasteiger partial charge < -0.3 is 4.74 Å². The Morgan fingerprint density at radius 2 is 2.05 bits per heavy atom. The third-order valence-corrected chi connectivity index (χ3v) is 4.35. The van der Waals surface area contributed by atoms with E-state index in [0.29, 0.717) is 4.47 Å². The number of rotatable bonds is 2. The first-order valence-corrected chi connectivity index (χ1v) is 7.65. The summed E-state index contributed by atoms with van der Waals surface area (Å²) >= 11 is 9.78. The largest absolute Gasteiger partial charge is 0.490 e.